The van der Waals surface area contributed by atoms with Gasteiger partial charge in [0.15, 0.2) is 0 Å². The Morgan fingerprint density at radius 2 is 1.86 bits per heavy atom. The van der Waals surface area contributed by atoms with E-state index < -0.39 is 11.9 Å². The lowest BCUT2D eigenvalue weighted by Gasteiger charge is -2.27. The number of benzene rings is 1. The van der Waals surface area contributed by atoms with Gasteiger partial charge in [0.05, 0.1) is 12.5 Å². The molecule has 0 heterocycles. The maximum Gasteiger partial charge on any atom is 0.308 e. The average Bonchev–Trinajstić information content (AvgIpc) is 2.47. The Labute approximate surface area is 133 Å². The van der Waals surface area contributed by atoms with E-state index in [4.69, 9.17) is 9.84 Å². The molecule has 0 spiro atoms. The van der Waals surface area contributed by atoms with E-state index in [1.54, 1.807) is 6.92 Å². The molecular formula is C17H28N2O3. The Morgan fingerprint density at radius 3 is 2.36 bits per heavy atom. The second kappa shape index (κ2) is 9.30. The molecule has 0 amide bonds. The van der Waals surface area contributed by atoms with Gasteiger partial charge in [0.1, 0.15) is 5.75 Å². The topological polar surface area (TPSA) is 53.0 Å². The number of aliphatic carboxylic acids is 1. The van der Waals surface area contributed by atoms with Crippen molar-refractivity contribution in [1.29, 1.82) is 0 Å². The molecule has 1 N–H and O–H groups in total. The normalized spacial score (nSPS) is 12.2. The van der Waals surface area contributed by atoms with Gasteiger partial charge >= 0.3 is 5.97 Å². The van der Waals surface area contributed by atoms with E-state index in [0.29, 0.717) is 13.2 Å². The van der Waals surface area contributed by atoms with E-state index in [2.05, 4.69) is 9.80 Å². The summed E-state index contributed by atoms with van der Waals surface area (Å²) in [6, 6.07) is 7.86. The highest BCUT2D eigenvalue weighted by atomic mass is 16.5. The number of carbonyl (C=O) groups is 1. The second-order valence-corrected chi connectivity index (χ2v) is 5.77. The van der Waals surface area contributed by atoms with E-state index in [0.717, 1.165) is 30.9 Å². The summed E-state index contributed by atoms with van der Waals surface area (Å²) in [5.41, 5.74) is 1.04. The summed E-state index contributed by atoms with van der Waals surface area (Å²) < 4.78 is 5.45. The first-order chi connectivity index (χ1) is 10.4. The molecule has 0 bridgehead atoms. The molecule has 0 aliphatic heterocycles. The van der Waals surface area contributed by atoms with Gasteiger partial charge in [0.25, 0.3) is 0 Å². The van der Waals surface area contributed by atoms with Crippen LogP contribution >= 0.6 is 0 Å². The van der Waals surface area contributed by atoms with Crippen LogP contribution in [-0.2, 0) is 4.79 Å². The fourth-order valence-corrected chi connectivity index (χ4v) is 2.23. The number of ether oxygens (including phenoxy) is 1. The Balaban J connectivity index is 2.76. The SMILES string of the molecule is CCOc1ccc(N(CCCN(C)C)CC(C)C(=O)O)cc1. The first-order valence-corrected chi connectivity index (χ1v) is 7.79. The predicted octanol–water partition coefficient (Wildman–Crippen LogP) is 2.56. The summed E-state index contributed by atoms with van der Waals surface area (Å²) in [7, 11) is 4.09. The van der Waals surface area contributed by atoms with Crippen molar-refractivity contribution >= 4 is 11.7 Å². The molecule has 22 heavy (non-hydrogen) atoms. The van der Waals surface area contributed by atoms with Gasteiger partial charge in [-0.15, -0.1) is 0 Å². The second-order valence-electron chi connectivity index (χ2n) is 5.77. The van der Waals surface area contributed by atoms with Gasteiger partial charge in [-0.25, -0.2) is 0 Å². The molecule has 0 saturated heterocycles. The highest BCUT2D eigenvalue weighted by Gasteiger charge is 2.16. The number of rotatable bonds is 10. The number of carboxylic acids is 1. The van der Waals surface area contributed by atoms with Crippen LogP contribution in [0.1, 0.15) is 20.3 Å². The summed E-state index contributed by atoms with van der Waals surface area (Å²) in [4.78, 5) is 15.4. The third-order valence-electron chi connectivity index (χ3n) is 3.46. The van der Waals surface area contributed by atoms with Gasteiger partial charge in [-0.1, -0.05) is 6.92 Å². The molecule has 1 unspecified atom stereocenters. The van der Waals surface area contributed by atoms with Crippen LogP contribution in [0.5, 0.6) is 5.75 Å². The monoisotopic (exact) mass is 308 g/mol. The molecule has 5 nitrogen and oxygen atoms in total. The van der Waals surface area contributed by atoms with E-state index in [9.17, 15) is 4.79 Å². The Morgan fingerprint density at radius 1 is 1.23 bits per heavy atom. The predicted molar refractivity (Wildman–Crippen MR) is 89.8 cm³/mol. The average molecular weight is 308 g/mol. The molecule has 0 fully saturated rings. The van der Waals surface area contributed by atoms with Crippen molar-refractivity contribution in [3.05, 3.63) is 24.3 Å². The lowest BCUT2D eigenvalue weighted by atomic mass is 10.1. The van der Waals surface area contributed by atoms with E-state index in [-0.39, 0.29) is 0 Å². The van der Waals surface area contributed by atoms with Gasteiger partial charge in [0, 0.05) is 18.8 Å². The maximum atomic E-state index is 11.1. The summed E-state index contributed by atoms with van der Waals surface area (Å²) in [5, 5.41) is 9.15. The zero-order valence-corrected chi connectivity index (χ0v) is 14.1. The first-order valence-electron chi connectivity index (χ1n) is 7.79. The lowest BCUT2D eigenvalue weighted by molar-refractivity contribution is -0.140. The van der Waals surface area contributed by atoms with Crippen molar-refractivity contribution in [3.63, 3.8) is 0 Å². The van der Waals surface area contributed by atoms with Crippen LogP contribution in [0.15, 0.2) is 24.3 Å². The fraction of sp³-hybridized carbons (Fsp3) is 0.588. The molecule has 0 aliphatic carbocycles. The lowest BCUT2D eigenvalue weighted by Crippen LogP contribution is -2.33. The standard InChI is InChI=1S/C17H28N2O3/c1-5-22-16-9-7-15(8-10-16)19(12-6-11-18(3)4)13-14(2)17(20)21/h7-10,14H,5-6,11-13H2,1-4H3,(H,20,21). The summed E-state index contributed by atoms with van der Waals surface area (Å²) in [5.74, 6) is -0.319. The molecule has 0 aliphatic rings. The molecule has 0 radical (unpaired) electrons. The van der Waals surface area contributed by atoms with Crippen LogP contribution in [-0.4, -0.2) is 56.3 Å². The molecule has 5 heteroatoms. The van der Waals surface area contributed by atoms with Crippen molar-refractivity contribution in [2.45, 2.75) is 20.3 Å². The molecule has 1 aromatic carbocycles. The summed E-state index contributed by atoms with van der Waals surface area (Å²) >= 11 is 0. The quantitative estimate of drug-likeness (QED) is 0.720. The van der Waals surface area contributed by atoms with Crippen LogP contribution < -0.4 is 9.64 Å². The van der Waals surface area contributed by atoms with Crippen molar-refractivity contribution in [1.82, 2.24) is 4.90 Å². The first kappa shape index (κ1) is 18.3. The zero-order valence-electron chi connectivity index (χ0n) is 14.1. The molecule has 1 aromatic rings. The van der Waals surface area contributed by atoms with Gasteiger partial charge in [-0.05, 0) is 58.3 Å². The Bertz CT molecular complexity index is 446. The summed E-state index contributed by atoms with van der Waals surface area (Å²) in [6.07, 6.45) is 0.993. The molecule has 1 rings (SSSR count). The molecule has 0 saturated carbocycles. The van der Waals surface area contributed by atoms with Crippen LogP contribution in [0.3, 0.4) is 0 Å². The highest BCUT2D eigenvalue weighted by molar-refractivity contribution is 5.70. The van der Waals surface area contributed by atoms with Crippen LogP contribution in [0.4, 0.5) is 5.69 Å². The molecule has 124 valence electrons. The van der Waals surface area contributed by atoms with Crippen LogP contribution in [0.2, 0.25) is 0 Å². The number of anilines is 1. The van der Waals surface area contributed by atoms with Crippen molar-refractivity contribution in [3.8, 4) is 5.75 Å². The Kier molecular flexibility index (Phi) is 7.74. The number of hydrogen-bond acceptors (Lipinski definition) is 4. The minimum atomic E-state index is -0.761. The highest BCUT2D eigenvalue weighted by Crippen LogP contribution is 2.21. The number of nitrogens with zero attached hydrogens (tertiary/aromatic N) is 2. The summed E-state index contributed by atoms with van der Waals surface area (Å²) in [6.45, 7) is 6.67. The van der Waals surface area contributed by atoms with Crippen molar-refractivity contribution in [2.24, 2.45) is 5.92 Å². The number of carboxylic acid groups (broad SMARTS) is 1. The van der Waals surface area contributed by atoms with Crippen LogP contribution in [0.25, 0.3) is 0 Å². The molecule has 0 aromatic heterocycles. The molecular weight excluding hydrogens is 280 g/mol. The molecule has 1 atom stereocenters. The van der Waals surface area contributed by atoms with Crippen molar-refractivity contribution in [2.75, 3.05) is 45.2 Å². The number of hydrogen-bond donors (Lipinski definition) is 1. The van der Waals surface area contributed by atoms with Gasteiger partial charge in [-0.2, -0.15) is 0 Å². The van der Waals surface area contributed by atoms with Gasteiger partial charge < -0.3 is 19.6 Å². The van der Waals surface area contributed by atoms with Gasteiger partial charge in [0.2, 0.25) is 0 Å². The third kappa shape index (κ3) is 6.35. The van der Waals surface area contributed by atoms with E-state index in [1.165, 1.54) is 0 Å². The minimum Gasteiger partial charge on any atom is -0.494 e. The largest absolute Gasteiger partial charge is 0.494 e. The third-order valence-corrected chi connectivity index (χ3v) is 3.46. The minimum absolute atomic E-state index is 0.397. The zero-order chi connectivity index (χ0) is 16.5. The van der Waals surface area contributed by atoms with E-state index >= 15 is 0 Å². The smallest absolute Gasteiger partial charge is 0.308 e. The van der Waals surface area contributed by atoms with Gasteiger partial charge in [-0.3, -0.25) is 4.79 Å². The fourth-order valence-electron chi connectivity index (χ4n) is 2.23. The Hall–Kier alpha value is -1.75. The van der Waals surface area contributed by atoms with Crippen LogP contribution in [0, 0.1) is 5.92 Å². The van der Waals surface area contributed by atoms with Crippen molar-refractivity contribution < 1.29 is 14.6 Å². The maximum absolute atomic E-state index is 11.1. The van der Waals surface area contributed by atoms with E-state index in [1.807, 2.05) is 45.3 Å².